The molecule has 1 N–H and O–H groups in total. The van der Waals surface area contributed by atoms with Gasteiger partial charge >= 0.3 is 0 Å². The van der Waals surface area contributed by atoms with Crippen molar-refractivity contribution in [3.63, 3.8) is 0 Å². The van der Waals surface area contributed by atoms with Gasteiger partial charge in [-0.1, -0.05) is 17.7 Å². The van der Waals surface area contributed by atoms with Crippen molar-refractivity contribution in [1.29, 1.82) is 0 Å². The number of ether oxygens (including phenoxy) is 1. The standard InChI is InChI=1S/C23H22N4O3S/c1-16-6-11-21(17(2)14-16)31(28,29)26-19-7-9-20(10-8-19)30-23-15-22(24-18(3)25-23)27-12-4-5-13-27/h4-15,26H,1-3H3. The Morgan fingerprint density at radius 2 is 1.61 bits per heavy atom. The van der Waals surface area contributed by atoms with Crippen LogP contribution >= 0.6 is 0 Å². The van der Waals surface area contributed by atoms with Crippen LogP contribution in [0.4, 0.5) is 5.69 Å². The van der Waals surface area contributed by atoms with Gasteiger partial charge in [-0.3, -0.25) is 4.72 Å². The Hall–Kier alpha value is -3.65. The molecule has 0 aliphatic heterocycles. The average molecular weight is 435 g/mol. The van der Waals surface area contributed by atoms with Crippen LogP contribution in [0.3, 0.4) is 0 Å². The SMILES string of the molecule is Cc1ccc(S(=O)(=O)Nc2ccc(Oc3cc(-n4cccc4)nc(C)n3)cc2)c(C)c1. The van der Waals surface area contributed by atoms with Crippen LogP contribution in [0.15, 0.2) is 78.0 Å². The normalized spacial score (nSPS) is 11.3. The lowest BCUT2D eigenvalue weighted by Crippen LogP contribution is -2.14. The summed E-state index contributed by atoms with van der Waals surface area (Å²) in [6.07, 6.45) is 3.78. The number of anilines is 1. The van der Waals surface area contributed by atoms with Gasteiger partial charge in [0.15, 0.2) is 0 Å². The van der Waals surface area contributed by atoms with E-state index in [1.807, 2.05) is 42.1 Å². The maximum Gasteiger partial charge on any atom is 0.262 e. The summed E-state index contributed by atoms with van der Waals surface area (Å²) >= 11 is 0. The molecule has 2 aromatic heterocycles. The van der Waals surface area contributed by atoms with Crippen molar-refractivity contribution in [3.05, 3.63) is 90.0 Å². The van der Waals surface area contributed by atoms with Crippen molar-refractivity contribution in [1.82, 2.24) is 14.5 Å². The summed E-state index contributed by atoms with van der Waals surface area (Å²) in [6.45, 7) is 5.51. The van der Waals surface area contributed by atoms with E-state index in [1.54, 1.807) is 56.3 Å². The first-order chi connectivity index (χ1) is 14.8. The predicted molar refractivity (Wildman–Crippen MR) is 119 cm³/mol. The van der Waals surface area contributed by atoms with Crippen molar-refractivity contribution in [2.45, 2.75) is 25.7 Å². The summed E-state index contributed by atoms with van der Waals surface area (Å²) in [6, 6.07) is 17.5. The number of hydrogen-bond donors (Lipinski definition) is 1. The van der Waals surface area contributed by atoms with E-state index < -0.39 is 10.0 Å². The second kappa shape index (κ2) is 8.23. The van der Waals surface area contributed by atoms with Gasteiger partial charge in [0.25, 0.3) is 10.0 Å². The van der Waals surface area contributed by atoms with Crippen molar-refractivity contribution < 1.29 is 13.2 Å². The molecule has 0 bridgehead atoms. The van der Waals surface area contributed by atoms with Gasteiger partial charge in [0.2, 0.25) is 5.88 Å². The van der Waals surface area contributed by atoms with E-state index in [9.17, 15) is 8.42 Å². The summed E-state index contributed by atoms with van der Waals surface area (Å²) in [7, 11) is -3.68. The van der Waals surface area contributed by atoms with Crippen molar-refractivity contribution in [2.75, 3.05) is 4.72 Å². The van der Waals surface area contributed by atoms with E-state index in [2.05, 4.69) is 14.7 Å². The number of hydrogen-bond acceptors (Lipinski definition) is 5. The second-order valence-electron chi connectivity index (χ2n) is 7.20. The molecule has 4 rings (SSSR count). The van der Waals surface area contributed by atoms with Gasteiger partial charge < -0.3 is 9.30 Å². The molecular weight excluding hydrogens is 412 g/mol. The van der Waals surface area contributed by atoms with Gasteiger partial charge in [-0.15, -0.1) is 0 Å². The van der Waals surface area contributed by atoms with Gasteiger partial charge in [0.1, 0.15) is 17.4 Å². The third kappa shape index (κ3) is 4.75. The minimum absolute atomic E-state index is 0.257. The summed E-state index contributed by atoms with van der Waals surface area (Å²) in [5.74, 6) is 2.22. The Labute approximate surface area is 181 Å². The van der Waals surface area contributed by atoms with Crippen LogP contribution in [0.5, 0.6) is 11.6 Å². The maximum absolute atomic E-state index is 12.7. The average Bonchev–Trinajstić information content (AvgIpc) is 3.23. The fourth-order valence-electron chi connectivity index (χ4n) is 3.22. The van der Waals surface area contributed by atoms with E-state index in [4.69, 9.17) is 4.74 Å². The largest absolute Gasteiger partial charge is 0.439 e. The minimum atomic E-state index is -3.68. The van der Waals surface area contributed by atoms with Crippen molar-refractivity contribution >= 4 is 15.7 Å². The van der Waals surface area contributed by atoms with Crippen LogP contribution in [0.2, 0.25) is 0 Å². The van der Waals surface area contributed by atoms with E-state index >= 15 is 0 Å². The van der Waals surface area contributed by atoms with E-state index in [0.717, 1.165) is 5.56 Å². The Morgan fingerprint density at radius 1 is 0.903 bits per heavy atom. The first-order valence-corrected chi connectivity index (χ1v) is 11.2. The molecule has 0 saturated heterocycles. The highest BCUT2D eigenvalue weighted by atomic mass is 32.2. The molecule has 0 aliphatic carbocycles. The summed E-state index contributed by atoms with van der Waals surface area (Å²) in [5, 5.41) is 0. The highest BCUT2D eigenvalue weighted by molar-refractivity contribution is 7.92. The molecule has 0 radical (unpaired) electrons. The predicted octanol–water partition coefficient (Wildman–Crippen LogP) is 4.79. The van der Waals surface area contributed by atoms with E-state index in [-0.39, 0.29) is 4.90 Å². The summed E-state index contributed by atoms with van der Waals surface area (Å²) < 4.78 is 35.8. The molecule has 2 heterocycles. The van der Waals surface area contributed by atoms with Crippen molar-refractivity contribution in [2.24, 2.45) is 0 Å². The highest BCUT2D eigenvalue weighted by Crippen LogP contribution is 2.25. The smallest absolute Gasteiger partial charge is 0.262 e. The molecule has 158 valence electrons. The van der Waals surface area contributed by atoms with Crippen LogP contribution in [0.25, 0.3) is 5.82 Å². The Balaban J connectivity index is 1.51. The first kappa shape index (κ1) is 20.6. The molecule has 0 fully saturated rings. The minimum Gasteiger partial charge on any atom is -0.439 e. The number of nitrogens with zero attached hydrogens (tertiary/aromatic N) is 3. The lowest BCUT2D eigenvalue weighted by molar-refractivity contribution is 0.459. The zero-order valence-electron chi connectivity index (χ0n) is 17.4. The molecule has 8 heteroatoms. The zero-order chi connectivity index (χ0) is 22.0. The summed E-state index contributed by atoms with van der Waals surface area (Å²) in [5.41, 5.74) is 2.15. The van der Waals surface area contributed by atoms with Gasteiger partial charge in [0.05, 0.1) is 4.90 Å². The lowest BCUT2D eigenvalue weighted by Gasteiger charge is -2.12. The molecule has 31 heavy (non-hydrogen) atoms. The number of aryl methyl sites for hydroxylation is 3. The number of sulfonamides is 1. The number of rotatable bonds is 6. The molecule has 7 nitrogen and oxygen atoms in total. The molecular formula is C23H22N4O3S. The summed E-state index contributed by atoms with van der Waals surface area (Å²) in [4.78, 5) is 8.98. The molecule has 0 saturated carbocycles. The third-order valence-corrected chi connectivity index (χ3v) is 6.16. The van der Waals surface area contributed by atoms with Crippen LogP contribution in [0.1, 0.15) is 17.0 Å². The molecule has 0 amide bonds. The topological polar surface area (TPSA) is 86.1 Å². The second-order valence-corrected chi connectivity index (χ2v) is 8.85. The first-order valence-electron chi connectivity index (χ1n) is 9.67. The van der Waals surface area contributed by atoms with Crippen LogP contribution in [0, 0.1) is 20.8 Å². The fourth-order valence-corrected chi connectivity index (χ4v) is 4.51. The Bertz CT molecular complexity index is 1320. The number of benzene rings is 2. The van der Waals surface area contributed by atoms with Crippen LogP contribution in [-0.2, 0) is 10.0 Å². The van der Waals surface area contributed by atoms with Gasteiger partial charge in [-0.2, -0.15) is 4.98 Å². The molecule has 4 aromatic rings. The third-order valence-electron chi connectivity index (χ3n) is 4.62. The maximum atomic E-state index is 12.7. The monoisotopic (exact) mass is 434 g/mol. The Morgan fingerprint density at radius 3 is 2.29 bits per heavy atom. The van der Waals surface area contributed by atoms with E-state index in [0.29, 0.717) is 34.5 Å². The fraction of sp³-hybridized carbons (Fsp3) is 0.130. The zero-order valence-corrected chi connectivity index (χ0v) is 18.2. The van der Waals surface area contributed by atoms with Gasteiger partial charge in [-0.25, -0.2) is 13.4 Å². The molecule has 0 spiro atoms. The number of aromatic nitrogens is 3. The van der Waals surface area contributed by atoms with Crippen LogP contribution < -0.4 is 9.46 Å². The van der Waals surface area contributed by atoms with Gasteiger partial charge in [-0.05, 0) is 68.8 Å². The molecule has 2 aromatic carbocycles. The molecule has 0 unspecified atom stereocenters. The van der Waals surface area contributed by atoms with Crippen LogP contribution in [-0.4, -0.2) is 23.0 Å². The molecule has 0 atom stereocenters. The number of nitrogens with one attached hydrogen (secondary N) is 1. The molecule has 0 aliphatic rings. The quantitative estimate of drug-likeness (QED) is 0.472. The lowest BCUT2D eigenvalue weighted by atomic mass is 10.2. The van der Waals surface area contributed by atoms with Gasteiger partial charge in [0, 0.05) is 24.1 Å². The van der Waals surface area contributed by atoms with Crippen molar-refractivity contribution in [3.8, 4) is 17.4 Å². The highest BCUT2D eigenvalue weighted by Gasteiger charge is 2.17. The van der Waals surface area contributed by atoms with E-state index in [1.165, 1.54) is 0 Å². The Kier molecular flexibility index (Phi) is 5.48.